The first kappa shape index (κ1) is 30.6. The molecule has 0 bridgehead atoms. The first-order chi connectivity index (χ1) is 20.5. The number of benzene rings is 4. The van der Waals surface area contributed by atoms with Crippen molar-refractivity contribution in [2.24, 2.45) is 0 Å². The topological polar surface area (TPSA) is 61.6 Å². The summed E-state index contributed by atoms with van der Waals surface area (Å²) in [5, 5.41) is 0. The molecule has 10 heteroatoms. The zero-order valence-corrected chi connectivity index (χ0v) is 26.1. The number of carbonyl (C=O) groups excluding carboxylic acids is 1. The fourth-order valence-electron chi connectivity index (χ4n) is 4.57. The molecule has 220 valence electrons. The highest BCUT2D eigenvalue weighted by atomic mass is 79.9. The van der Waals surface area contributed by atoms with Crippen molar-refractivity contribution in [3.8, 4) is 39.6 Å². The number of hydrogen-bond donors (Lipinski definition) is 0. The van der Waals surface area contributed by atoms with Crippen LogP contribution >= 0.6 is 31.9 Å². The predicted octanol–water partition coefficient (Wildman–Crippen LogP) is 9.69. The van der Waals surface area contributed by atoms with E-state index in [1.54, 1.807) is 6.92 Å². The Bertz CT molecular complexity index is 1740. The minimum absolute atomic E-state index is 0.226. The van der Waals surface area contributed by atoms with Crippen LogP contribution in [-0.2, 0) is 22.1 Å². The van der Waals surface area contributed by atoms with Gasteiger partial charge in [-0.3, -0.25) is 0 Å². The van der Waals surface area contributed by atoms with Gasteiger partial charge in [0.25, 0.3) is 0 Å². The van der Waals surface area contributed by atoms with Gasteiger partial charge in [0.1, 0.15) is 17.2 Å². The van der Waals surface area contributed by atoms with E-state index in [1.807, 2.05) is 66.7 Å². The van der Waals surface area contributed by atoms with Crippen LogP contribution in [0.5, 0.6) is 5.75 Å². The fraction of sp³-hybridized carbons (Fsp3) is 0.152. The van der Waals surface area contributed by atoms with Gasteiger partial charge >= 0.3 is 12.1 Å². The Hall–Kier alpha value is -3.89. The maximum atomic E-state index is 13.0. The second-order valence-corrected chi connectivity index (χ2v) is 11.4. The van der Waals surface area contributed by atoms with Crippen LogP contribution < -0.4 is 4.74 Å². The summed E-state index contributed by atoms with van der Waals surface area (Å²) in [5.74, 6) is 0.734. The van der Waals surface area contributed by atoms with Gasteiger partial charge in [-0.05, 0) is 70.4 Å². The number of methoxy groups -OCH3 is 1. The standard InChI is InChI=1S/C33H24Br2F3NO4/c1-19-29(39-31(42-19)23-12-14-24(15-13-23)33(36,37)38)22-10-8-21(9-11-22)26-17-25(34)18-27(35)30(26)43-28(32(40)41-2)16-20-6-4-3-5-7-20/h3-15,17-18,28H,16H2,1-2H3. The lowest BCUT2D eigenvalue weighted by molar-refractivity contribution is -0.148. The second-order valence-electron chi connectivity index (χ2n) is 9.66. The minimum Gasteiger partial charge on any atom is -0.477 e. The third kappa shape index (κ3) is 7.02. The number of ether oxygens (including phenoxy) is 2. The van der Waals surface area contributed by atoms with Crippen LogP contribution in [0, 0.1) is 6.92 Å². The van der Waals surface area contributed by atoms with E-state index >= 15 is 0 Å². The summed E-state index contributed by atoms with van der Waals surface area (Å²) < 4.78 is 57.5. The molecule has 5 aromatic rings. The van der Waals surface area contributed by atoms with Crippen LogP contribution in [0.3, 0.4) is 0 Å². The number of nitrogens with zero attached hydrogens (tertiary/aromatic N) is 1. The highest BCUT2D eigenvalue weighted by molar-refractivity contribution is 9.11. The largest absolute Gasteiger partial charge is 0.477 e. The van der Waals surface area contributed by atoms with Crippen molar-refractivity contribution < 1.29 is 31.9 Å². The maximum Gasteiger partial charge on any atom is 0.416 e. The van der Waals surface area contributed by atoms with Gasteiger partial charge in [0.2, 0.25) is 5.89 Å². The van der Waals surface area contributed by atoms with Gasteiger partial charge in [-0.1, -0.05) is 70.5 Å². The van der Waals surface area contributed by atoms with Gasteiger partial charge in [-0.25, -0.2) is 9.78 Å². The summed E-state index contributed by atoms with van der Waals surface area (Å²) in [7, 11) is 1.33. The summed E-state index contributed by atoms with van der Waals surface area (Å²) >= 11 is 7.14. The molecule has 0 saturated heterocycles. The quantitative estimate of drug-likeness (QED) is 0.150. The molecule has 1 heterocycles. The molecular formula is C33H24Br2F3NO4. The number of halogens is 5. The monoisotopic (exact) mass is 713 g/mol. The molecule has 0 amide bonds. The molecule has 43 heavy (non-hydrogen) atoms. The van der Waals surface area contributed by atoms with Crippen LogP contribution in [0.25, 0.3) is 33.8 Å². The molecule has 0 N–H and O–H groups in total. The lowest BCUT2D eigenvalue weighted by Crippen LogP contribution is -2.31. The average Bonchev–Trinajstić information content (AvgIpc) is 3.39. The van der Waals surface area contributed by atoms with Crippen molar-refractivity contribution in [3.05, 3.63) is 117 Å². The van der Waals surface area contributed by atoms with E-state index in [9.17, 15) is 18.0 Å². The van der Waals surface area contributed by atoms with E-state index in [-0.39, 0.29) is 5.89 Å². The van der Waals surface area contributed by atoms with Crippen LogP contribution in [0.4, 0.5) is 13.2 Å². The third-order valence-corrected chi connectivity index (χ3v) is 7.77. The van der Waals surface area contributed by atoms with Crippen molar-refractivity contribution in [2.75, 3.05) is 7.11 Å². The van der Waals surface area contributed by atoms with Crippen molar-refractivity contribution in [1.82, 2.24) is 4.98 Å². The first-order valence-electron chi connectivity index (χ1n) is 13.1. The number of aromatic nitrogens is 1. The van der Waals surface area contributed by atoms with Crippen molar-refractivity contribution in [3.63, 3.8) is 0 Å². The molecule has 5 nitrogen and oxygen atoms in total. The van der Waals surface area contributed by atoms with Crippen LogP contribution in [-0.4, -0.2) is 24.2 Å². The molecule has 1 atom stereocenters. The number of carbonyl (C=O) groups is 1. The number of hydrogen-bond acceptors (Lipinski definition) is 5. The second kappa shape index (κ2) is 12.8. The molecule has 4 aromatic carbocycles. The molecule has 1 aromatic heterocycles. The van der Waals surface area contributed by atoms with Gasteiger partial charge < -0.3 is 13.9 Å². The smallest absolute Gasteiger partial charge is 0.416 e. The summed E-state index contributed by atoms with van der Waals surface area (Å²) in [6, 6.07) is 25.5. The Labute approximate surface area is 262 Å². The maximum absolute atomic E-state index is 13.0. The molecular weight excluding hydrogens is 691 g/mol. The summed E-state index contributed by atoms with van der Waals surface area (Å²) in [6.07, 6.45) is -4.99. The molecule has 0 fully saturated rings. The van der Waals surface area contributed by atoms with Gasteiger partial charge in [-0.15, -0.1) is 0 Å². The minimum atomic E-state index is -4.42. The molecule has 0 radical (unpaired) electrons. The fourth-order valence-corrected chi connectivity index (χ4v) is 5.89. The highest BCUT2D eigenvalue weighted by Gasteiger charge is 2.30. The van der Waals surface area contributed by atoms with Gasteiger partial charge in [0.15, 0.2) is 6.10 Å². The highest BCUT2D eigenvalue weighted by Crippen LogP contribution is 2.41. The van der Waals surface area contributed by atoms with Gasteiger partial charge in [0.05, 0.1) is 17.1 Å². The van der Waals surface area contributed by atoms with E-state index in [1.165, 1.54) is 19.2 Å². The third-order valence-electron chi connectivity index (χ3n) is 6.72. The summed E-state index contributed by atoms with van der Waals surface area (Å²) in [5.41, 5.74) is 3.50. The molecule has 0 aliphatic heterocycles. The molecule has 0 spiro atoms. The summed E-state index contributed by atoms with van der Waals surface area (Å²) in [6.45, 7) is 1.75. The van der Waals surface area contributed by atoms with Crippen LogP contribution in [0.15, 0.2) is 104 Å². The Morgan fingerprint density at radius 3 is 2.16 bits per heavy atom. The summed E-state index contributed by atoms with van der Waals surface area (Å²) in [4.78, 5) is 17.3. The number of esters is 1. The van der Waals surface area contributed by atoms with Crippen molar-refractivity contribution in [2.45, 2.75) is 25.6 Å². The number of alkyl halides is 3. The molecule has 0 saturated carbocycles. The van der Waals surface area contributed by atoms with Crippen molar-refractivity contribution in [1.29, 1.82) is 0 Å². The molecule has 5 rings (SSSR count). The van der Waals surface area contributed by atoms with E-state index in [0.717, 1.165) is 38.9 Å². The lowest BCUT2D eigenvalue weighted by atomic mass is 10.0. The van der Waals surface area contributed by atoms with E-state index in [0.29, 0.717) is 33.7 Å². The zero-order chi connectivity index (χ0) is 30.7. The Morgan fingerprint density at radius 1 is 0.907 bits per heavy atom. The van der Waals surface area contributed by atoms with Gasteiger partial charge in [0, 0.05) is 27.6 Å². The molecule has 0 aliphatic carbocycles. The first-order valence-corrected chi connectivity index (χ1v) is 14.7. The number of oxazole rings is 1. The Kier molecular flexibility index (Phi) is 9.08. The van der Waals surface area contributed by atoms with E-state index < -0.39 is 23.8 Å². The van der Waals surface area contributed by atoms with Crippen molar-refractivity contribution >= 4 is 37.8 Å². The van der Waals surface area contributed by atoms with E-state index in [2.05, 4.69) is 36.8 Å². The van der Waals surface area contributed by atoms with Gasteiger partial charge in [-0.2, -0.15) is 13.2 Å². The lowest BCUT2D eigenvalue weighted by Gasteiger charge is -2.21. The number of aryl methyl sites for hydroxylation is 1. The Morgan fingerprint density at radius 2 is 1.53 bits per heavy atom. The van der Waals surface area contributed by atoms with Crippen LogP contribution in [0.1, 0.15) is 16.9 Å². The normalized spacial score (nSPS) is 12.2. The SMILES string of the molecule is COC(=O)C(Cc1ccccc1)Oc1c(Br)cc(Br)cc1-c1ccc(-c2nc(-c3ccc(C(F)(F)F)cc3)oc2C)cc1. The predicted molar refractivity (Wildman–Crippen MR) is 165 cm³/mol. The van der Waals surface area contributed by atoms with E-state index in [4.69, 9.17) is 13.9 Å². The average molecular weight is 715 g/mol. The number of rotatable bonds is 8. The molecule has 0 aliphatic rings. The van der Waals surface area contributed by atoms with Crippen LogP contribution in [0.2, 0.25) is 0 Å². The molecule has 1 unspecified atom stereocenters. The Balaban J connectivity index is 1.44. The zero-order valence-electron chi connectivity index (χ0n) is 22.9.